The largest absolute Gasteiger partial charge is 0.380 e. The van der Waals surface area contributed by atoms with Gasteiger partial charge in [0, 0.05) is 17.5 Å². The van der Waals surface area contributed by atoms with Crippen molar-refractivity contribution in [3.8, 4) is 22.5 Å². The molecule has 0 spiro atoms. The molecule has 0 unspecified atom stereocenters. The molecule has 0 aliphatic carbocycles. The van der Waals surface area contributed by atoms with E-state index in [1.807, 2.05) is 50.2 Å². The highest BCUT2D eigenvalue weighted by Crippen LogP contribution is 2.37. The van der Waals surface area contributed by atoms with Crippen molar-refractivity contribution < 1.29 is 4.52 Å². The lowest BCUT2D eigenvalue weighted by atomic mass is 10.00. The molecule has 1 aromatic carbocycles. The lowest BCUT2D eigenvalue weighted by Crippen LogP contribution is -1.91. The van der Waals surface area contributed by atoms with E-state index in [1.165, 1.54) is 5.56 Å². The minimum Gasteiger partial charge on any atom is -0.380 e. The molecule has 0 aliphatic rings. The van der Waals surface area contributed by atoms with E-state index in [0.29, 0.717) is 11.6 Å². The standard InChI is InChI=1S/C16H15N3O/c1-10-5-7-12(8-6-10)14-15(20-19-16(14)17)13-4-3-9-18-11(13)2/h3-9H,1-2H3,(H2,17,19). The first-order valence-corrected chi connectivity index (χ1v) is 6.41. The predicted molar refractivity (Wildman–Crippen MR) is 79.1 cm³/mol. The van der Waals surface area contributed by atoms with Gasteiger partial charge in [-0.2, -0.15) is 0 Å². The number of pyridine rings is 1. The quantitative estimate of drug-likeness (QED) is 0.768. The molecular formula is C16H15N3O. The number of aryl methyl sites for hydroxylation is 2. The zero-order valence-electron chi connectivity index (χ0n) is 11.4. The number of anilines is 1. The van der Waals surface area contributed by atoms with Gasteiger partial charge in [-0.1, -0.05) is 35.0 Å². The van der Waals surface area contributed by atoms with E-state index < -0.39 is 0 Å². The molecule has 20 heavy (non-hydrogen) atoms. The molecule has 0 bridgehead atoms. The Labute approximate surface area is 117 Å². The topological polar surface area (TPSA) is 64.9 Å². The molecule has 0 aliphatic heterocycles. The van der Waals surface area contributed by atoms with Gasteiger partial charge in [-0.05, 0) is 31.5 Å². The van der Waals surface area contributed by atoms with Gasteiger partial charge in [0.25, 0.3) is 0 Å². The molecule has 2 heterocycles. The van der Waals surface area contributed by atoms with E-state index >= 15 is 0 Å². The smallest absolute Gasteiger partial charge is 0.178 e. The zero-order chi connectivity index (χ0) is 14.1. The molecule has 2 aromatic heterocycles. The minimum absolute atomic E-state index is 0.395. The van der Waals surface area contributed by atoms with Gasteiger partial charge in [0.15, 0.2) is 11.6 Å². The Morgan fingerprint density at radius 2 is 1.80 bits per heavy atom. The molecule has 0 radical (unpaired) electrons. The van der Waals surface area contributed by atoms with E-state index in [1.54, 1.807) is 6.20 Å². The van der Waals surface area contributed by atoms with Crippen LogP contribution in [0.1, 0.15) is 11.3 Å². The number of nitrogens with two attached hydrogens (primary N) is 1. The Balaban J connectivity index is 2.20. The van der Waals surface area contributed by atoms with Crippen LogP contribution in [0.3, 0.4) is 0 Å². The summed E-state index contributed by atoms with van der Waals surface area (Å²) in [4.78, 5) is 4.29. The number of benzene rings is 1. The summed E-state index contributed by atoms with van der Waals surface area (Å²) in [5, 5.41) is 3.91. The van der Waals surface area contributed by atoms with Crippen LogP contribution in [0, 0.1) is 13.8 Å². The molecule has 4 nitrogen and oxygen atoms in total. The highest BCUT2D eigenvalue weighted by atomic mass is 16.5. The summed E-state index contributed by atoms with van der Waals surface area (Å²) in [6.45, 7) is 3.99. The summed E-state index contributed by atoms with van der Waals surface area (Å²) in [6, 6.07) is 12.0. The molecule has 3 rings (SSSR count). The third-order valence-electron chi connectivity index (χ3n) is 3.31. The van der Waals surface area contributed by atoms with Crippen molar-refractivity contribution in [2.24, 2.45) is 0 Å². The Morgan fingerprint density at radius 3 is 2.50 bits per heavy atom. The van der Waals surface area contributed by atoms with E-state index in [0.717, 1.165) is 22.4 Å². The fraction of sp³-hybridized carbons (Fsp3) is 0.125. The van der Waals surface area contributed by atoms with E-state index in [-0.39, 0.29) is 0 Å². The second-order valence-corrected chi connectivity index (χ2v) is 4.77. The number of hydrogen-bond acceptors (Lipinski definition) is 4. The summed E-state index contributed by atoms with van der Waals surface area (Å²) >= 11 is 0. The zero-order valence-corrected chi connectivity index (χ0v) is 11.4. The average molecular weight is 265 g/mol. The lowest BCUT2D eigenvalue weighted by molar-refractivity contribution is 0.435. The van der Waals surface area contributed by atoms with Crippen molar-refractivity contribution >= 4 is 5.82 Å². The summed E-state index contributed by atoms with van der Waals surface area (Å²) in [5.41, 5.74) is 10.8. The number of hydrogen-bond donors (Lipinski definition) is 1. The van der Waals surface area contributed by atoms with Crippen molar-refractivity contribution in [2.45, 2.75) is 13.8 Å². The number of rotatable bonds is 2. The van der Waals surface area contributed by atoms with Crippen LogP contribution >= 0.6 is 0 Å². The van der Waals surface area contributed by atoms with Crippen LogP contribution in [0.2, 0.25) is 0 Å². The number of nitrogen functional groups attached to an aromatic ring is 1. The van der Waals surface area contributed by atoms with Crippen LogP contribution in [-0.2, 0) is 0 Å². The minimum atomic E-state index is 0.395. The molecule has 0 amide bonds. The molecule has 3 aromatic rings. The molecule has 100 valence electrons. The van der Waals surface area contributed by atoms with Crippen LogP contribution in [0.5, 0.6) is 0 Å². The molecular weight excluding hydrogens is 250 g/mol. The maximum absolute atomic E-state index is 5.97. The van der Waals surface area contributed by atoms with E-state index in [2.05, 4.69) is 10.1 Å². The van der Waals surface area contributed by atoms with Gasteiger partial charge in [0.05, 0.1) is 5.56 Å². The van der Waals surface area contributed by atoms with Crippen LogP contribution in [0.25, 0.3) is 22.5 Å². The second-order valence-electron chi connectivity index (χ2n) is 4.77. The van der Waals surface area contributed by atoms with Gasteiger partial charge >= 0.3 is 0 Å². The second kappa shape index (κ2) is 4.81. The summed E-state index contributed by atoms with van der Waals surface area (Å²) in [7, 11) is 0. The highest BCUT2D eigenvalue weighted by molar-refractivity contribution is 5.87. The van der Waals surface area contributed by atoms with Crippen LogP contribution in [-0.4, -0.2) is 10.1 Å². The fourth-order valence-electron chi connectivity index (χ4n) is 2.21. The fourth-order valence-corrected chi connectivity index (χ4v) is 2.21. The SMILES string of the molecule is Cc1ccc(-c2c(N)noc2-c2cccnc2C)cc1. The van der Waals surface area contributed by atoms with Gasteiger partial charge in [0.1, 0.15) is 0 Å². The molecule has 0 atom stereocenters. The first kappa shape index (κ1) is 12.4. The van der Waals surface area contributed by atoms with Crippen LogP contribution in [0.4, 0.5) is 5.82 Å². The lowest BCUT2D eigenvalue weighted by Gasteiger charge is -2.05. The summed E-state index contributed by atoms with van der Waals surface area (Å²) in [6.07, 6.45) is 1.75. The van der Waals surface area contributed by atoms with Gasteiger partial charge in [-0.15, -0.1) is 0 Å². The normalized spacial score (nSPS) is 10.7. The van der Waals surface area contributed by atoms with Crippen molar-refractivity contribution in [1.82, 2.24) is 10.1 Å². The predicted octanol–water partition coefficient (Wildman–Crippen LogP) is 3.60. The third-order valence-corrected chi connectivity index (χ3v) is 3.31. The van der Waals surface area contributed by atoms with Gasteiger partial charge in [0.2, 0.25) is 0 Å². The Kier molecular flexibility index (Phi) is 2.99. The van der Waals surface area contributed by atoms with Gasteiger partial charge in [-0.25, -0.2) is 0 Å². The average Bonchev–Trinajstić information content (AvgIpc) is 2.82. The van der Waals surface area contributed by atoms with Gasteiger partial charge in [-0.3, -0.25) is 4.98 Å². The van der Waals surface area contributed by atoms with Crippen molar-refractivity contribution in [1.29, 1.82) is 0 Å². The molecule has 4 heteroatoms. The molecule has 0 saturated heterocycles. The maximum Gasteiger partial charge on any atom is 0.178 e. The molecule has 2 N–H and O–H groups in total. The molecule has 0 fully saturated rings. The van der Waals surface area contributed by atoms with E-state index in [9.17, 15) is 0 Å². The van der Waals surface area contributed by atoms with Crippen LogP contribution < -0.4 is 5.73 Å². The summed E-state index contributed by atoms with van der Waals surface area (Å²) < 4.78 is 5.43. The van der Waals surface area contributed by atoms with E-state index in [4.69, 9.17) is 10.3 Å². The van der Waals surface area contributed by atoms with Crippen LogP contribution in [0.15, 0.2) is 47.1 Å². The monoisotopic (exact) mass is 265 g/mol. The van der Waals surface area contributed by atoms with Crippen molar-refractivity contribution in [3.63, 3.8) is 0 Å². The highest BCUT2D eigenvalue weighted by Gasteiger charge is 2.19. The Morgan fingerprint density at radius 1 is 1.05 bits per heavy atom. The van der Waals surface area contributed by atoms with Crippen molar-refractivity contribution in [2.75, 3.05) is 5.73 Å². The number of aromatic nitrogens is 2. The Hall–Kier alpha value is -2.62. The van der Waals surface area contributed by atoms with Crippen molar-refractivity contribution in [3.05, 3.63) is 53.9 Å². The molecule has 0 saturated carbocycles. The Bertz CT molecular complexity index is 745. The summed E-state index contributed by atoms with van der Waals surface area (Å²) in [5.74, 6) is 1.06. The third kappa shape index (κ3) is 2.05. The van der Waals surface area contributed by atoms with Gasteiger partial charge < -0.3 is 10.3 Å². The first-order valence-electron chi connectivity index (χ1n) is 6.41. The maximum atomic E-state index is 5.97. The first-order chi connectivity index (χ1) is 9.66. The number of nitrogens with zero attached hydrogens (tertiary/aromatic N) is 2.